The fourth-order valence-electron chi connectivity index (χ4n) is 4.41. The molecule has 3 fully saturated rings. The monoisotopic (exact) mass is 164 g/mol. The normalized spacial score (nSPS) is 55.8. The quantitative estimate of drug-likeness (QED) is 0.557. The second kappa shape index (κ2) is 2.27. The second-order valence-electron chi connectivity index (χ2n) is 5.59. The topological polar surface area (TPSA) is 0 Å². The van der Waals surface area contributed by atoms with Crippen molar-refractivity contribution in [3.8, 4) is 0 Å². The summed E-state index contributed by atoms with van der Waals surface area (Å²) in [4.78, 5) is 0. The highest BCUT2D eigenvalue weighted by atomic mass is 14.7. The van der Waals surface area contributed by atoms with Gasteiger partial charge in [0.15, 0.2) is 0 Å². The van der Waals surface area contributed by atoms with Gasteiger partial charge in [0, 0.05) is 0 Å². The number of rotatable bonds is 1. The molecule has 68 valence electrons. The van der Waals surface area contributed by atoms with Gasteiger partial charge < -0.3 is 0 Å². The average molecular weight is 164 g/mol. The minimum absolute atomic E-state index is 0.977. The predicted molar refractivity (Wildman–Crippen MR) is 50.8 cm³/mol. The van der Waals surface area contributed by atoms with E-state index < -0.39 is 0 Å². The zero-order chi connectivity index (χ0) is 8.29. The molecule has 3 aliphatic rings. The first-order chi connectivity index (χ1) is 5.80. The Labute approximate surface area is 75.7 Å². The summed E-state index contributed by atoms with van der Waals surface area (Å²) < 4.78 is 0. The third kappa shape index (κ3) is 0.744. The fourth-order valence-corrected chi connectivity index (χ4v) is 4.41. The van der Waals surface area contributed by atoms with E-state index in [2.05, 4.69) is 13.8 Å². The summed E-state index contributed by atoms with van der Waals surface area (Å²) in [7, 11) is 0. The lowest BCUT2D eigenvalue weighted by Gasteiger charge is -2.39. The number of fused-ring (bicyclic) bond motifs is 4. The molecule has 0 N–H and O–H groups in total. The summed E-state index contributed by atoms with van der Waals surface area (Å²) in [5.41, 5.74) is 0. The fraction of sp³-hybridized carbons (Fsp3) is 1.00. The molecule has 12 heavy (non-hydrogen) atoms. The van der Waals surface area contributed by atoms with Gasteiger partial charge in [0.05, 0.1) is 0 Å². The maximum absolute atomic E-state index is 2.43. The van der Waals surface area contributed by atoms with E-state index in [1.54, 1.807) is 12.8 Å². The molecule has 0 aromatic carbocycles. The van der Waals surface area contributed by atoms with Gasteiger partial charge in [-0.25, -0.2) is 0 Å². The summed E-state index contributed by atoms with van der Waals surface area (Å²) >= 11 is 0. The molecule has 3 aliphatic carbocycles. The molecule has 0 aromatic rings. The first-order valence-electron chi connectivity index (χ1n) is 5.80. The zero-order valence-corrected chi connectivity index (χ0v) is 8.29. The Kier molecular flexibility index (Phi) is 1.40. The van der Waals surface area contributed by atoms with Gasteiger partial charge in [-0.05, 0) is 48.3 Å². The molecule has 0 aromatic heterocycles. The third-order valence-corrected chi connectivity index (χ3v) is 4.83. The Bertz CT molecular complexity index is 172. The molecule has 0 nitrogen and oxygen atoms in total. The Morgan fingerprint density at radius 1 is 0.917 bits per heavy atom. The molecule has 3 saturated carbocycles. The lowest BCUT2D eigenvalue weighted by molar-refractivity contribution is 0.0971. The van der Waals surface area contributed by atoms with Gasteiger partial charge >= 0.3 is 0 Å². The van der Waals surface area contributed by atoms with Crippen LogP contribution in [0.2, 0.25) is 0 Å². The standard InChI is InChI=1S/C12H20/c1-7(2)10-11-8-5-3-4-6-9(8)12(10)11/h7-12H,3-6H2,1-2H3. The van der Waals surface area contributed by atoms with E-state index in [9.17, 15) is 0 Å². The number of hydrogen-bond acceptors (Lipinski definition) is 0. The molecule has 0 heterocycles. The van der Waals surface area contributed by atoms with Gasteiger partial charge in [0.25, 0.3) is 0 Å². The van der Waals surface area contributed by atoms with Gasteiger partial charge in [-0.3, -0.25) is 0 Å². The van der Waals surface area contributed by atoms with Crippen LogP contribution in [0.4, 0.5) is 0 Å². The van der Waals surface area contributed by atoms with E-state index in [1.807, 2.05) is 0 Å². The Balaban J connectivity index is 1.71. The molecule has 4 atom stereocenters. The van der Waals surface area contributed by atoms with Crippen LogP contribution in [0.5, 0.6) is 0 Å². The van der Waals surface area contributed by atoms with Crippen molar-refractivity contribution in [2.75, 3.05) is 0 Å². The van der Waals surface area contributed by atoms with Crippen LogP contribution in [-0.2, 0) is 0 Å². The molecule has 0 aliphatic heterocycles. The average Bonchev–Trinajstić information content (AvgIpc) is 2.69. The van der Waals surface area contributed by atoms with Gasteiger partial charge in [0.2, 0.25) is 0 Å². The minimum Gasteiger partial charge on any atom is -0.0625 e. The summed E-state index contributed by atoms with van der Waals surface area (Å²) in [5.74, 6) is 6.92. The van der Waals surface area contributed by atoms with E-state index in [-0.39, 0.29) is 0 Å². The first-order valence-corrected chi connectivity index (χ1v) is 5.80. The molecule has 0 heteroatoms. The van der Waals surface area contributed by atoms with E-state index in [1.165, 1.54) is 36.5 Å². The molecule has 3 rings (SSSR count). The van der Waals surface area contributed by atoms with Crippen LogP contribution in [0.1, 0.15) is 39.5 Å². The van der Waals surface area contributed by atoms with Crippen LogP contribution in [0.3, 0.4) is 0 Å². The highest BCUT2D eigenvalue weighted by Gasteiger charge is 2.68. The number of hydrogen-bond donors (Lipinski definition) is 0. The zero-order valence-electron chi connectivity index (χ0n) is 8.29. The van der Waals surface area contributed by atoms with Crippen LogP contribution < -0.4 is 0 Å². The molecule has 4 unspecified atom stereocenters. The summed E-state index contributed by atoms with van der Waals surface area (Å²) in [5, 5.41) is 0. The van der Waals surface area contributed by atoms with Crippen molar-refractivity contribution >= 4 is 0 Å². The van der Waals surface area contributed by atoms with Gasteiger partial charge in [-0.15, -0.1) is 0 Å². The Morgan fingerprint density at radius 3 is 1.83 bits per heavy atom. The third-order valence-electron chi connectivity index (χ3n) is 4.83. The van der Waals surface area contributed by atoms with Crippen molar-refractivity contribution in [3.63, 3.8) is 0 Å². The van der Waals surface area contributed by atoms with Crippen molar-refractivity contribution in [1.82, 2.24) is 0 Å². The van der Waals surface area contributed by atoms with E-state index in [0.717, 1.165) is 11.8 Å². The van der Waals surface area contributed by atoms with Crippen molar-refractivity contribution in [3.05, 3.63) is 0 Å². The van der Waals surface area contributed by atoms with Gasteiger partial charge in [-0.1, -0.05) is 26.7 Å². The van der Waals surface area contributed by atoms with Crippen molar-refractivity contribution in [2.45, 2.75) is 39.5 Å². The maximum atomic E-state index is 2.43. The predicted octanol–water partition coefficient (Wildman–Crippen LogP) is 3.32. The van der Waals surface area contributed by atoms with Crippen LogP contribution in [0.15, 0.2) is 0 Å². The Hall–Kier alpha value is 0. The maximum Gasteiger partial charge on any atom is -0.0315 e. The van der Waals surface area contributed by atoms with Gasteiger partial charge in [0.1, 0.15) is 0 Å². The lowest BCUT2D eigenvalue weighted by atomic mass is 9.66. The molecule has 0 saturated heterocycles. The van der Waals surface area contributed by atoms with Crippen molar-refractivity contribution in [1.29, 1.82) is 0 Å². The van der Waals surface area contributed by atoms with Crippen LogP contribution in [-0.4, -0.2) is 0 Å². The molecule has 0 radical (unpaired) electrons. The molecule has 0 spiro atoms. The van der Waals surface area contributed by atoms with E-state index in [0.29, 0.717) is 0 Å². The lowest BCUT2D eigenvalue weighted by Crippen LogP contribution is -2.32. The van der Waals surface area contributed by atoms with Crippen LogP contribution >= 0.6 is 0 Å². The molecular weight excluding hydrogens is 144 g/mol. The van der Waals surface area contributed by atoms with Crippen molar-refractivity contribution < 1.29 is 0 Å². The highest BCUT2D eigenvalue weighted by Crippen LogP contribution is 2.73. The second-order valence-corrected chi connectivity index (χ2v) is 5.59. The minimum atomic E-state index is 0.977. The summed E-state index contributed by atoms with van der Waals surface area (Å²) in [6.07, 6.45) is 6.23. The van der Waals surface area contributed by atoms with Crippen LogP contribution in [0.25, 0.3) is 0 Å². The van der Waals surface area contributed by atoms with Crippen molar-refractivity contribution in [2.24, 2.45) is 35.5 Å². The smallest absolute Gasteiger partial charge is 0.0315 e. The van der Waals surface area contributed by atoms with Crippen LogP contribution in [0, 0.1) is 35.5 Å². The molecular formula is C12H20. The summed E-state index contributed by atoms with van der Waals surface area (Å²) in [6.45, 7) is 4.85. The Morgan fingerprint density at radius 2 is 1.42 bits per heavy atom. The highest BCUT2D eigenvalue weighted by molar-refractivity contribution is 5.16. The van der Waals surface area contributed by atoms with E-state index >= 15 is 0 Å². The SMILES string of the molecule is CC(C)C1C2C3CCCCC3C12. The molecule has 0 amide bonds. The molecule has 0 bridgehead atoms. The first kappa shape index (κ1) is 7.41. The summed E-state index contributed by atoms with van der Waals surface area (Å²) in [6, 6.07) is 0. The van der Waals surface area contributed by atoms with E-state index in [4.69, 9.17) is 0 Å². The van der Waals surface area contributed by atoms with Gasteiger partial charge in [-0.2, -0.15) is 0 Å². The largest absolute Gasteiger partial charge is 0.0625 e.